The third-order valence-corrected chi connectivity index (χ3v) is 5.94. The molecule has 0 radical (unpaired) electrons. The lowest BCUT2D eigenvalue weighted by Crippen LogP contribution is -2.48. The summed E-state index contributed by atoms with van der Waals surface area (Å²) in [6.45, 7) is 3.48. The summed E-state index contributed by atoms with van der Waals surface area (Å²) in [5.41, 5.74) is 8.18. The van der Waals surface area contributed by atoms with Crippen LogP contribution in [0.2, 0.25) is 0 Å². The van der Waals surface area contributed by atoms with E-state index in [1.54, 1.807) is 0 Å². The number of hydrogen-bond acceptors (Lipinski definition) is 1. The molecule has 1 heteroatoms. The molecule has 0 saturated heterocycles. The molecule has 0 spiro atoms. The van der Waals surface area contributed by atoms with Crippen molar-refractivity contribution in [1.29, 1.82) is 0 Å². The second kappa shape index (κ2) is 5.88. The summed E-state index contributed by atoms with van der Waals surface area (Å²) < 4.78 is 0. The minimum absolute atomic E-state index is 0.129. The van der Waals surface area contributed by atoms with Crippen molar-refractivity contribution < 1.29 is 0 Å². The van der Waals surface area contributed by atoms with E-state index in [0.29, 0.717) is 0 Å². The van der Waals surface area contributed by atoms with Gasteiger partial charge in [-0.1, -0.05) is 78.9 Å². The van der Waals surface area contributed by atoms with E-state index in [1.165, 1.54) is 46.4 Å². The first-order valence-electron chi connectivity index (χ1n) is 9.51. The Morgan fingerprint density at radius 3 is 2.31 bits per heavy atom. The van der Waals surface area contributed by atoms with Crippen LogP contribution in [0.5, 0.6) is 0 Å². The predicted molar refractivity (Wildman–Crippen MR) is 109 cm³/mol. The first kappa shape index (κ1) is 15.5. The Kier molecular flexibility index (Phi) is 3.49. The average Bonchev–Trinajstić information content (AvgIpc) is 2.72. The van der Waals surface area contributed by atoms with Gasteiger partial charge in [-0.15, -0.1) is 0 Å². The predicted octanol–water partition coefficient (Wildman–Crippen LogP) is 5.80. The normalized spacial score (nSPS) is 21.1. The minimum atomic E-state index is -0.129. The maximum Gasteiger partial charge on any atom is 0.0818 e. The molecular formula is C25H23N. The molecule has 0 aliphatic carbocycles. The van der Waals surface area contributed by atoms with Crippen molar-refractivity contribution in [3.05, 3.63) is 107 Å². The highest BCUT2D eigenvalue weighted by Crippen LogP contribution is 2.49. The minimum Gasteiger partial charge on any atom is -0.358 e. The molecule has 0 saturated carbocycles. The van der Waals surface area contributed by atoms with Gasteiger partial charge >= 0.3 is 0 Å². The van der Waals surface area contributed by atoms with Gasteiger partial charge < -0.3 is 4.90 Å². The quantitative estimate of drug-likeness (QED) is 0.571. The van der Waals surface area contributed by atoms with E-state index < -0.39 is 0 Å². The van der Waals surface area contributed by atoms with Crippen LogP contribution >= 0.6 is 0 Å². The second-order valence-corrected chi connectivity index (χ2v) is 7.51. The lowest BCUT2D eigenvalue weighted by molar-refractivity contribution is 0.508. The first-order chi connectivity index (χ1) is 12.8. The fourth-order valence-corrected chi connectivity index (χ4v) is 4.64. The molecule has 0 bridgehead atoms. The third kappa shape index (κ3) is 2.24. The van der Waals surface area contributed by atoms with Crippen molar-refractivity contribution in [2.75, 3.05) is 11.4 Å². The third-order valence-electron chi connectivity index (χ3n) is 5.94. The van der Waals surface area contributed by atoms with Crippen LogP contribution in [0.25, 0.3) is 5.57 Å². The molecule has 2 aliphatic rings. The fraction of sp³-hybridized carbons (Fsp3) is 0.200. The lowest BCUT2D eigenvalue weighted by Gasteiger charge is -2.49. The van der Waals surface area contributed by atoms with Gasteiger partial charge in [-0.2, -0.15) is 0 Å². The SMILES string of the molecule is CC1(c2ccccc2)C=C(c2ccccc2)c2cccc3c2N1CCC3. The van der Waals surface area contributed by atoms with Gasteiger partial charge in [0.05, 0.1) is 5.54 Å². The summed E-state index contributed by atoms with van der Waals surface area (Å²) in [5.74, 6) is 0. The molecule has 0 amide bonds. The highest BCUT2D eigenvalue weighted by molar-refractivity contribution is 5.92. The van der Waals surface area contributed by atoms with Crippen molar-refractivity contribution in [1.82, 2.24) is 0 Å². The van der Waals surface area contributed by atoms with Crippen molar-refractivity contribution in [3.8, 4) is 0 Å². The number of nitrogens with zero attached hydrogens (tertiary/aromatic N) is 1. The van der Waals surface area contributed by atoms with Crippen LogP contribution in [0.4, 0.5) is 5.69 Å². The summed E-state index contributed by atoms with van der Waals surface area (Å²) in [6, 6.07) is 28.6. The van der Waals surface area contributed by atoms with Crippen LogP contribution in [0.3, 0.4) is 0 Å². The largest absolute Gasteiger partial charge is 0.358 e. The first-order valence-corrected chi connectivity index (χ1v) is 9.51. The molecule has 3 aromatic rings. The number of rotatable bonds is 2. The Morgan fingerprint density at radius 2 is 1.54 bits per heavy atom. The van der Waals surface area contributed by atoms with Crippen LogP contribution in [-0.4, -0.2) is 6.54 Å². The summed E-state index contributed by atoms with van der Waals surface area (Å²) in [5, 5.41) is 0. The maximum absolute atomic E-state index is 2.63. The number of hydrogen-bond donors (Lipinski definition) is 0. The summed E-state index contributed by atoms with van der Waals surface area (Å²) in [7, 11) is 0. The van der Waals surface area contributed by atoms with Gasteiger partial charge in [0.25, 0.3) is 0 Å². The van der Waals surface area contributed by atoms with E-state index >= 15 is 0 Å². The lowest BCUT2D eigenvalue weighted by atomic mass is 9.77. The Labute approximate surface area is 155 Å². The van der Waals surface area contributed by atoms with Crippen molar-refractivity contribution in [2.24, 2.45) is 0 Å². The van der Waals surface area contributed by atoms with Crippen LogP contribution in [-0.2, 0) is 12.0 Å². The molecule has 1 nitrogen and oxygen atoms in total. The summed E-state index contributed by atoms with van der Waals surface area (Å²) in [4.78, 5) is 2.63. The highest BCUT2D eigenvalue weighted by atomic mass is 15.2. The smallest absolute Gasteiger partial charge is 0.0818 e. The Morgan fingerprint density at radius 1 is 0.808 bits per heavy atom. The number of benzene rings is 3. The molecule has 0 N–H and O–H groups in total. The van der Waals surface area contributed by atoms with Crippen LogP contribution < -0.4 is 4.90 Å². The molecule has 2 heterocycles. The molecule has 0 fully saturated rings. The zero-order valence-corrected chi connectivity index (χ0v) is 15.2. The average molecular weight is 337 g/mol. The number of para-hydroxylation sites is 1. The Hall–Kier alpha value is -2.80. The number of aryl methyl sites for hydroxylation is 1. The van der Waals surface area contributed by atoms with E-state index in [0.717, 1.165) is 6.54 Å². The molecule has 1 atom stereocenters. The standard InChI is InChI=1S/C25H23N/c1-25(21-14-6-3-7-15-21)18-23(19-10-4-2-5-11-19)22-16-8-12-20-13-9-17-26(25)24(20)22/h2-8,10-12,14-16,18H,9,13,17H2,1H3. The van der Waals surface area contributed by atoms with Gasteiger partial charge in [0, 0.05) is 17.8 Å². The van der Waals surface area contributed by atoms with E-state index in [2.05, 4.69) is 96.8 Å². The highest BCUT2D eigenvalue weighted by Gasteiger charge is 2.40. The molecule has 5 rings (SSSR count). The van der Waals surface area contributed by atoms with Gasteiger partial charge in [-0.3, -0.25) is 0 Å². The Bertz CT molecular complexity index is 972. The zero-order valence-electron chi connectivity index (χ0n) is 15.2. The van der Waals surface area contributed by atoms with E-state index in [-0.39, 0.29) is 5.54 Å². The topological polar surface area (TPSA) is 3.24 Å². The van der Waals surface area contributed by atoms with E-state index in [4.69, 9.17) is 0 Å². The van der Waals surface area contributed by atoms with Gasteiger partial charge in [-0.05, 0) is 48.1 Å². The zero-order chi connectivity index (χ0) is 17.6. The van der Waals surface area contributed by atoms with E-state index in [9.17, 15) is 0 Å². The van der Waals surface area contributed by atoms with Crippen LogP contribution in [0, 0.1) is 0 Å². The fourth-order valence-electron chi connectivity index (χ4n) is 4.64. The van der Waals surface area contributed by atoms with Crippen molar-refractivity contribution >= 4 is 11.3 Å². The molecule has 3 aromatic carbocycles. The second-order valence-electron chi connectivity index (χ2n) is 7.51. The van der Waals surface area contributed by atoms with Gasteiger partial charge in [0.1, 0.15) is 0 Å². The molecule has 2 aliphatic heterocycles. The monoisotopic (exact) mass is 337 g/mol. The maximum atomic E-state index is 2.63. The van der Waals surface area contributed by atoms with Gasteiger partial charge in [-0.25, -0.2) is 0 Å². The van der Waals surface area contributed by atoms with E-state index in [1.807, 2.05) is 0 Å². The summed E-state index contributed by atoms with van der Waals surface area (Å²) >= 11 is 0. The molecule has 1 unspecified atom stereocenters. The molecule has 0 aromatic heterocycles. The number of anilines is 1. The van der Waals surface area contributed by atoms with Gasteiger partial charge in [0.2, 0.25) is 0 Å². The Balaban J connectivity index is 1.81. The molecule has 26 heavy (non-hydrogen) atoms. The van der Waals surface area contributed by atoms with Crippen molar-refractivity contribution in [3.63, 3.8) is 0 Å². The van der Waals surface area contributed by atoms with Crippen LogP contribution in [0.1, 0.15) is 35.6 Å². The van der Waals surface area contributed by atoms with Crippen molar-refractivity contribution in [2.45, 2.75) is 25.3 Å². The summed E-state index contributed by atoms with van der Waals surface area (Å²) in [6.07, 6.45) is 4.87. The molecular weight excluding hydrogens is 314 g/mol. The van der Waals surface area contributed by atoms with Gasteiger partial charge in [0.15, 0.2) is 0 Å². The van der Waals surface area contributed by atoms with Crippen LogP contribution in [0.15, 0.2) is 84.9 Å². The molecule has 128 valence electrons.